The van der Waals surface area contributed by atoms with E-state index in [2.05, 4.69) is 6.92 Å². The SMILES string of the molecule is CCC(C)(O)CCOCCOC(C)OC(C)(CC)CCOCCO. The van der Waals surface area contributed by atoms with Gasteiger partial charge in [0.15, 0.2) is 6.29 Å². The molecule has 0 heterocycles. The van der Waals surface area contributed by atoms with Crippen LogP contribution in [0.15, 0.2) is 0 Å². The Morgan fingerprint density at radius 1 is 0.875 bits per heavy atom. The van der Waals surface area contributed by atoms with Gasteiger partial charge in [-0.2, -0.15) is 0 Å². The van der Waals surface area contributed by atoms with Crippen LogP contribution < -0.4 is 0 Å². The zero-order valence-corrected chi connectivity index (χ0v) is 16.2. The second-order valence-electron chi connectivity index (χ2n) is 6.66. The first-order valence-corrected chi connectivity index (χ1v) is 9.06. The first-order chi connectivity index (χ1) is 11.3. The van der Waals surface area contributed by atoms with Crippen LogP contribution in [0.25, 0.3) is 0 Å². The third-order valence-electron chi connectivity index (χ3n) is 4.34. The van der Waals surface area contributed by atoms with E-state index in [4.69, 9.17) is 24.1 Å². The van der Waals surface area contributed by atoms with Crippen molar-refractivity contribution in [2.24, 2.45) is 0 Å². The maximum Gasteiger partial charge on any atom is 0.155 e. The molecule has 146 valence electrons. The van der Waals surface area contributed by atoms with Crippen LogP contribution in [-0.4, -0.2) is 67.3 Å². The fourth-order valence-corrected chi connectivity index (χ4v) is 2.05. The predicted molar refractivity (Wildman–Crippen MR) is 94.1 cm³/mol. The largest absolute Gasteiger partial charge is 0.394 e. The molecule has 0 spiro atoms. The summed E-state index contributed by atoms with van der Waals surface area (Å²) in [6, 6.07) is 0. The number of aliphatic hydroxyl groups is 2. The lowest BCUT2D eigenvalue weighted by atomic mass is 9.99. The summed E-state index contributed by atoms with van der Waals surface area (Å²) in [7, 11) is 0. The van der Waals surface area contributed by atoms with Gasteiger partial charge in [0.05, 0.1) is 37.6 Å². The second kappa shape index (κ2) is 13.0. The molecule has 0 rings (SSSR count). The number of aliphatic hydroxyl groups excluding tert-OH is 1. The van der Waals surface area contributed by atoms with Crippen molar-refractivity contribution < 1.29 is 29.2 Å². The quantitative estimate of drug-likeness (QED) is 0.329. The van der Waals surface area contributed by atoms with E-state index in [-0.39, 0.29) is 18.5 Å². The molecule has 6 nitrogen and oxygen atoms in total. The summed E-state index contributed by atoms with van der Waals surface area (Å²) >= 11 is 0. The first kappa shape index (κ1) is 23.8. The van der Waals surface area contributed by atoms with E-state index < -0.39 is 5.60 Å². The molecule has 3 unspecified atom stereocenters. The van der Waals surface area contributed by atoms with E-state index >= 15 is 0 Å². The van der Waals surface area contributed by atoms with Gasteiger partial charge < -0.3 is 29.2 Å². The zero-order chi connectivity index (χ0) is 18.5. The molecule has 0 aliphatic rings. The third-order valence-corrected chi connectivity index (χ3v) is 4.34. The van der Waals surface area contributed by atoms with Crippen molar-refractivity contribution in [3.8, 4) is 0 Å². The average Bonchev–Trinajstić information content (AvgIpc) is 2.55. The summed E-state index contributed by atoms with van der Waals surface area (Å²) in [4.78, 5) is 0. The molecular weight excluding hydrogens is 312 g/mol. The fourth-order valence-electron chi connectivity index (χ4n) is 2.05. The van der Waals surface area contributed by atoms with Crippen molar-refractivity contribution in [2.75, 3.05) is 39.6 Å². The van der Waals surface area contributed by atoms with Gasteiger partial charge in [-0.05, 0) is 46.5 Å². The molecule has 0 saturated carbocycles. The second-order valence-corrected chi connectivity index (χ2v) is 6.66. The molecule has 0 bridgehead atoms. The first-order valence-electron chi connectivity index (χ1n) is 9.06. The Kier molecular flexibility index (Phi) is 12.9. The molecule has 0 amide bonds. The van der Waals surface area contributed by atoms with Gasteiger partial charge in [0, 0.05) is 13.2 Å². The summed E-state index contributed by atoms with van der Waals surface area (Å²) in [5.41, 5.74) is -0.964. The monoisotopic (exact) mass is 350 g/mol. The molecule has 0 aliphatic heterocycles. The standard InChI is InChI=1S/C18H38O6/c1-6-17(4,20)8-11-22-14-15-23-16(3)24-18(5,7-2)9-12-21-13-10-19/h16,19-20H,6-15H2,1-5H3. The maximum absolute atomic E-state index is 9.87. The molecule has 0 aromatic carbocycles. The number of ether oxygens (including phenoxy) is 4. The lowest BCUT2D eigenvalue weighted by Gasteiger charge is -2.32. The van der Waals surface area contributed by atoms with Crippen LogP contribution in [0.3, 0.4) is 0 Å². The molecule has 24 heavy (non-hydrogen) atoms. The van der Waals surface area contributed by atoms with Gasteiger partial charge in [0.25, 0.3) is 0 Å². The van der Waals surface area contributed by atoms with Crippen LogP contribution in [-0.2, 0) is 18.9 Å². The Morgan fingerprint density at radius 2 is 1.50 bits per heavy atom. The van der Waals surface area contributed by atoms with Crippen LogP contribution in [0.2, 0.25) is 0 Å². The molecule has 6 heteroatoms. The predicted octanol–water partition coefficient (Wildman–Crippen LogP) is 2.50. The van der Waals surface area contributed by atoms with E-state index in [1.165, 1.54) is 0 Å². The van der Waals surface area contributed by atoms with Crippen molar-refractivity contribution in [3.63, 3.8) is 0 Å². The zero-order valence-electron chi connectivity index (χ0n) is 16.2. The van der Waals surface area contributed by atoms with Gasteiger partial charge in [-0.3, -0.25) is 0 Å². The van der Waals surface area contributed by atoms with E-state index in [1.807, 2.05) is 27.7 Å². The van der Waals surface area contributed by atoms with Gasteiger partial charge in [0.1, 0.15) is 0 Å². The molecule has 0 aliphatic carbocycles. The minimum Gasteiger partial charge on any atom is -0.394 e. The Balaban J connectivity index is 3.83. The Morgan fingerprint density at radius 3 is 2.08 bits per heavy atom. The van der Waals surface area contributed by atoms with Crippen LogP contribution in [0.1, 0.15) is 60.3 Å². The van der Waals surface area contributed by atoms with Crippen molar-refractivity contribution >= 4 is 0 Å². The van der Waals surface area contributed by atoms with Gasteiger partial charge >= 0.3 is 0 Å². The van der Waals surface area contributed by atoms with Gasteiger partial charge in [-0.15, -0.1) is 0 Å². The molecular formula is C18H38O6. The minimum absolute atomic E-state index is 0.0386. The summed E-state index contributed by atoms with van der Waals surface area (Å²) in [5.74, 6) is 0. The molecule has 2 N–H and O–H groups in total. The van der Waals surface area contributed by atoms with Crippen LogP contribution >= 0.6 is 0 Å². The number of rotatable bonds is 16. The summed E-state index contributed by atoms with van der Waals surface area (Å²) in [5, 5.41) is 18.6. The van der Waals surface area contributed by atoms with E-state index in [0.717, 1.165) is 19.3 Å². The topological polar surface area (TPSA) is 77.4 Å². The molecule has 0 aromatic heterocycles. The van der Waals surface area contributed by atoms with Crippen molar-refractivity contribution in [1.82, 2.24) is 0 Å². The number of hydrogen-bond donors (Lipinski definition) is 2. The summed E-state index contributed by atoms with van der Waals surface area (Å²) in [6.07, 6.45) is 2.62. The van der Waals surface area contributed by atoms with Gasteiger partial charge in [0.2, 0.25) is 0 Å². The molecule has 0 fully saturated rings. The Labute approximate surface area is 147 Å². The smallest absolute Gasteiger partial charge is 0.155 e. The minimum atomic E-state index is -0.654. The summed E-state index contributed by atoms with van der Waals surface area (Å²) in [6.45, 7) is 12.2. The van der Waals surface area contributed by atoms with Crippen LogP contribution in [0.5, 0.6) is 0 Å². The van der Waals surface area contributed by atoms with Gasteiger partial charge in [-0.25, -0.2) is 0 Å². The average molecular weight is 350 g/mol. The molecule has 0 saturated heterocycles. The molecule has 0 aromatic rings. The third kappa shape index (κ3) is 12.2. The Bertz CT molecular complexity index is 297. The Hall–Kier alpha value is -0.240. The van der Waals surface area contributed by atoms with E-state index in [9.17, 15) is 5.11 Å². The molecule has 3 atom stereocenters. The highest BCUT2D eigenvalue weighted by molar-refractivity contribution is 4.73. The normalized spacial score (nSPS) is 18.1. The summed E-state index contributed by atoms with van der Waals surface area (Å²) < 4.78 is 22.4. The lowest BCUT2D eigenvalue weighted by Crippen LogP contribution is -2.35. The highest BCUT2D eigenvalue weighted by Gasteiger charge is 2.25. The van der Waals surface area contributed by atoms with Crippen molar-refractivity contribution in [1.29, 1.82) is 0 Å². The maximum atomic E-state index is 9.87. The highest BCUT2D eigenvalue weighted by Crippen LogP contribution is 2.22. The fraction of sp³-hybridized carbons (Fsp3) is 1.00. The molecule has 0 radical (unpaired) electrons. The lowest BCUT2D eigenvalue weighted by molar-refractivity contribution is -0.207. The van der Waals surface area contributed by atoms with E-state index in [0.29, 0.717) is 39.5 Å². The van der Waals surface area contributed by atoms with E-state index in [1.54, 1.807) is 0 Å². The van der Waals surface area contributed by atoms with Gasteiger partial charge in [-0.1, -0.05) is 13.8 Å². The van der Waals surface area contributed by atoms with Crippen molar-refractivity contribution in [3.05, 3.63) is 0 Å². The number of hydrogen-bond acceptors (Lipinski definition) is 6. The van der Waals surface area contributed by atoms with Crippen LogP contribution in [0.4, 0.5) is 0 Å². The van der Waals surface area contributed by atoms with Crippen LogP contribution in [0, 0.1) is 0 Å². The van der Waals surface area contributed by atoms with Crippen molar-refractivity contribution in [2.45, 2.75) is 77.8 Å². The highest BCUT2D eigenvalue weighted by atomic mass is 16.7.